The maximum Gasteiger partial charge on any atom is 0.307 e. The molecule has 2 fully saturated rings. The first kappa shape index (κ1) is 15.3. The molecule has 0 bridgehead atoms. The first-order valence-electron chi connectivity index (χ1n) is 7.49. The number of nitrogens with one attached hydrogen (secondary N) is 1. The Morgan fingerprint density at radius 2 is 1.95 bits per heavy atom. The molecule has 1 amide bonds. The number of hydrogen-bond acceptors (Lipinski definition) is 3. The second-order valence-corrected chi connectivity index (χ2v) is 6.69. The summed E-state index contributed by atoms with van der Waals surface area (Å²) in [5.74, 6) is -0.981. The molecule has 5 nitrogen and oxygen atoms in total. The summed E-state index contributed by atoms with van der Waals surface area (Å²) in [5.41, 5.74) is -0.321. The minimum absolute atomic E-state index is 0.0380. The Labute approximate surface area is 120 Å². The molecule has 0 spiro atoms. The van der Waals surface area contributed by atoms with E-state index in [9.17, 15) is 14.7 Å². The van der Waals surface area contributed by atoms with Crippen LogP contribution in [0.2, 0.25) is 0 Å². The minimum Gasteiger partial charge on any atom is -0.481 e. The Kier molecular flexibility index (Phi) is 4.37. The van der Waals surface area contributed by atoms with E-state index in [4.69, 9.17) is 4.74 Å². The lowest BCUT2D eigenvalue weighted by molar-refractivity contribution is -0.150. The third-order valence-corrected chi connectivity index (χ3v) is 5.29. The molecule has 2 aliphatic rings. The fraction of sp³-hybridized carbons (Fsp3) is 0.867. The van der Waals surface area contributed by atoms with Gasteiger partial charge in [0.25, 0.3) is 0 Å². The van der Waals surface area contributed by atoms with E-state index in [1.165, 1.54) is 0 Å². The van der Waals surface area contributed by atoms with Crippen LogP contribution < -0.4 is 5.32 Å². The van der Waals surface area contributed by atoms with Gasteiger partial charge in [-0.15, -0.1) is 0 Å². The van der Waals surface area contributed by atoms with Gasteiger partial charge in [-0.1, -0.05) is 20.8 Å². The van der Waals surface area contributed by atoms with E-state index >= 15 is 0 Å². The van der Waals surface area contributed by atoms with Gasteiger partial charge >= 0.3 is 5.97 Å². The summed E-state index contributed by atoms with van der Waals surface area (Å²) in [5, 5.41) is 12.4. The average Bonchev–Trinajstić information content (AvgIpc) is 2.88. The molecule has 114 valence electrons. The average molecular weight is 283 g/mol. The molecule has 20 heavy (non-hydrogen) atoms. The molecule has 2 rings (SSSR count). The molecule has 5 heteroatoms. The van der Waals surface area contributed by atoms with Crippen molar-refractivity contribution in [1.82, 2.24) is 5.32 Å². The maximum absolute atomic E-state index is 12.1. The molecule has 1 saturated heterocycles. The van der Waals surface area contributed by atoms with Gasteiger partial charge in [-0.05, 0) is 37.0 Å². The van der Waals surface area contributed by atoms with Crippen molar-refractivity contribution in [2.24, 2.45) is 17.3 Å². The Morgan fingerprint density at radius 1 is 1.25 bits per heavy atom. The van der Waals surface area contributed by atoms with Gasteiger partial charge < -0.3 is 15.2 Å². The van der Waals surface area contributed by atoms with Crippen LogP contribution in [0.1, 0.15) is 46.5 Å². The second-order valence-electron chi connectivity index (χ2n) is 6.69. The molecule has 1 aliphatic heterocycles. The topological polar surface area (TPSA) is 75.6 Å². The summed E-state index contributed by atoms with van der Waals surface area (Å²) < 4.78 is 5.40. The normalized spacial score (nSPS) is 36.5. The number of amides is 1. The highest BCUT2D eigenvalue weighted by atomic mass is 16.5. The lowest BCUT2D eigenvalue weighted by Crippen LogP contribution is -2.53. The van der Waals surface area contributed by atoms with Crippen molar-refractivity contribution in [2.45, 2.75) is 58.6 Å². The first-order chi connectivity index (χ1) is 9.34. The summed E-state index contributed by atoms with van der Waals surface area (Å²) >= 11 is 0. The number of carboxylic acid groups (broad SMARTS) is 1. The monoisotopic (exact) mass is 283 g/mol. The van der Waals surface area contributed by atoms with E-state index in [2.05, 4.69) is 5.32 Å². The lowest BCUT2D eigenvalue weighted by Gasteiger charge is -2.46. The Balaban J connectivity index is 2.00. The van der Waals surface area contributed by atoms with Crippen LogP contribution in [0.5, 0.6) is 0 Å². The molecule has 2 N–H and O–H groups in total. The predicted molar refractivity (Wildman–Crippen MR) is 74.2 cm³/mol. The number of carbonyl (C=O) groups is 2. The molecular formula is C15H25NO4. The van der Waals surface area contributed by atoms with Crippen LogP contribution in [0, 0.1) is 17.3 Å². The van der Waals surface area contributed by atoms with Gasteiger partial charge in [-0.3, -0.25) is 9.59 Å². The van der Waals surface area contributed by atoms with Crippen LogP contribution in [-0.4, -0.2) is 35.7 Å². The standard InChI is InChI=1S/C15H25NO4/c1-9-11(16-13(17)12-5-4-8-20-12)7-6-10(14(18)19)15(9,2)3/h9-12H,4-8H2,1-3H3,(H,16,17)(H,18,19). The molecule has 0 aromatic heterocycles. The summed E-state index contributed by atoms with van der Waals surface area (Å²) in [6.07, 6.45) is 2.74. The van der Waals surface area contributed by atoms with Crippen LogP contribution in [0.3, 0.4) is 0 Å². The molecule has 4 unspecified atom stereocenters. The highest BCUT2D eigenvalue weighted by molar-refractivity contribution is 5.81. The van der Waals surface area contributed by atoms with Crippen molar-refractivity contribution in [3.8, 4) is 0 Å². The van der Waals surface area contributed by atoms with Crippen molar-refractivity contribution in [3.63, 3.8) is 0 Å². The van der Waals surface area contributed by atoms with Crippen LogP contribution in [0.25, 0.3) is 0 Å². The van der Waals surface area contributed by atoms with Crippen LogP contribution in [0.4, 0.5) is 0 Å². The Bertz CT molecular complexity index is 387. The van der Waals surface area contributed by atoms with Gasteiger partial charge in [-0.25, -0.2) is 0 Å². The molecule has 4 atom stereocenters. The van der Waals surface area contributed by atoms with E-state index in [-0.39, 0.29) is 35.3 Å². The van der Waals surface area contributed by atoms with Crippen LogP contribution >= 0.6 is 0 Å². The third-order valence-electron chi connectivity index (χ3n) is 5.29. The van der Waals surface area contributed by atoms with Gasteiger partial charge in [-0.2, -0.15) is 0 Å². The summed E-state index contributed by atoms with van der Waals surface area (Å²) in [4.78, 5) is 23.5. The highest BCUT2D eigenvalue weighted by Gasteiger charge is 2.46. The number of carboxylic acids is 1. The van der Waals surface area contributed by atoms with Crippen molar-refractivity contribution in [2.75, 3.05) is 6.61 Å². The van der Waals surface area contributed by atoms with Crippen molar-refractivity contribution in [3.05, 3.63) is 0 Å². The van der Waals surface area contributed by atoms with E-state index in [1.807, 2.05) is 20.8 Å². The summed E-state index contributed by atoms with van der Waals surface area (Å²) in [7, 11) is 0. The number of carbonyl (C=O) groups excluding carboxylic acids is 1. The third kappa shape index (κ3) is 2.82. The van der Waals surface area contributed by atoms with Crippen LogP contribution in [-0.2, 0) is 14.3 Å². The zero-order chi connectivity index (χ0) is 14.9. The number of rotatable bonds is 3. The van der Waals surface area contributed by atoms with E-state index in [1.54, 1.807) is 0 Å². The van der Waals surface area contributed by atoms with Gasteiger partial charge in [0.2, 0.25) is 5.91 Å². The van der Waals surface area contributed by atoms with Gasteiger partial charge in [0.05, 0.1) is 5.92 Å². The van der Waals surface area contributed by atoms with E-state index < -0.39 is 5.97 Å². The fourth-order valence-corrected chi connectivity index (χ4v) is 3.50. The predicted octanol–water partition coefficient (Wildman–Crippen LogP) is 1.81. The van der Waals surface area contributed by atoms with Gasteiger partial charge in [0.15, 0.2) is 0 Å². The first-order valence-corrected chi connectivity index (χ1v) is 7.49. The van der Waals surface area contributed by atoms with E-state index in [0.717, 1.165) is 19.3 Å². The lowest BCUT2D eigenvalue weighted by atomic mass is 9.61. The van der Waals surface area contributed by atoms with Crippen LogP contribution in [0.15, 0.2) is 0 Å². The smallest absolute Gasteiger partial charge is 0.307 e. The highest BCUT2D eigenvalue weighted by Crippen LogP contribution is 2.45. The second kappa shape index (κ2) is 5.72. The molecular weight excluding hydrogens is 258 g/mol. The maximum atomic E-state index is 12.1. The molecule has 1 heterocycles. The van der Waals surface area contributed by atoms with E-state index in [0.29, 0.717) is 13.0 Å². The Morgan fingerprint density at radius 3 is 2.50 bits per heavy atom. The zero-order valence-electron chi connectivity index (χ0n) is 12.5. The number of aliphatic carboxylic acids is 1. The Hall–Kier alpha value is -1.10. The molecule has 0 aromatic rings. The quantitative estimate of drug-likeness (QED) is 0.828. The number of hydrogen-bond donors (Lipinski definition) is 2. The largest absolute Gasteiger partial charge is 0.481 e. The van der Waals surface area contributed by atoms with Gasteiger partial charge in [0.1, 0.15) is 6.10 Å². The fourth-order valence-electron chi connectivity index (χ4n) is 3.50. The SMILES string of the molecule is CC1C(NC(=O)C2CCCO2)CCC(C(=O)O)C1(C)C. The minimum atomic E-state index is -0.731. The molecule has 0 radical (unpaired) electrons. The number of ether oxygens (including phenoxy) is 1. The van der Waals surface area contributed by atoms with Crippen molar-refractivity contribution in [1.29, 1.82) is 0 Å². The zero-order valence-corrected chi connectivity index (χ0v) is 12.5. The van der Waals surface area contributed by atoms with Crippen molar-refractivity contribution < 1.29 is 19.4 Å². The summed E-state index contributed by atoms with van der Waals surface area (Å²) in [6.45, 7) is 6.67. The van der Waals surface area contributed by atoms with Crippen molar-refractivity contribution >= 4 is 11.9 Å². The molecule has 1 saturated carbocycles. The molecule has 0 aromatic carbocycles. The summed E-state index contributed by atoms with van der Waals surface area (Å²) in [6, 6.07) is 0.0392. The molecule has 1 aliphatic carbocycles. The van der Waals surface area contributed by atoms with Gasteiger partial charge in [0, 0.05) is 12.6 Å².